The first-order valence-electron chi connectivity index (χ1n) is 5.24. The minimum atomic E-state index is -3.19. The van der Waals surface area contributed by atoms with Crippen molar-refractivity contribution in [3.05, 3.63) is 24.3 Å². The molecular weight excluding hydrogens is 224 g/mol. The van der Waals surface area contributed by atoms with Crippen LogP contribution < -0.4 is 9.21 Å². The summed E-state index contributed by atoms with van der Waals surface area (Å²) in [6, 6.07) is 7.88. The molecule has 16 heavy (non-hydrogen) atoms. The van der Waals surface area contributed by atoms with Crippen molar-refractivity contribution in [2.45, 2.75) is 19.9 Å². The average Bonchev–Trinajstić information content (AvgIpc) is 2.56. The van der Waals surface area contributed by atoms with Crippen LogP contribution in [-0.4, -0.2) is 27.4 Å². The van der Waals surface area contributed by atoms with E-state index in [9.17, 15) is 8.42 Å². The molecule has 1 aliphatic rings. The molecule has 0 fully saturated rings. The van der Waals surface area contributed by atoms with E-state index in [4.69, 9.17) is 0 Å². The minimum absolute atomic E-state index is 0.285. The number of para-hydroxylation sites is 2. The maximum Gasteiger partial charge on any atom is 0.233 e. The standard InChI is InChI=1S/C11H16N2O2S/c1-9(2)12-8-13(16(3,14)15)11-7-5-4-6-10(11)12/h4-7,9H,8H2,1-3H3. The van der Waals surface area contributed by atoms with Crippen LogP contribution in [0.5, 0.6) is 0 Å². The second-order valence-electron chi connectivity index (χ2n) is 4.31. The van der Waals surface area contributed by atoms with Crippen LogP contribution in [0.4, 0.5) is 11.4 Å². The Bertz CT molecular complexity index is 496. The van der Waals surface area contributed by atoms with Crippen LogP contribution >= 0.6 is 0 Å². The first-order valence-corrected chi connectivity index (χ1v) is 7.09. The molecule has 0 N–H and O–H groups in total. The number of anilines is 2. The first kappa shape index (κ1) is 11.3. The van der Waals surface area contributed by atoms with Gasteiger partial charge in [-0.1, -0.05) is 12.1 Å². The van der Waals surface area contributed by atoms with E-state index in [0.29, 0.717) is 6.67 Å². The van der Waals surface area contributed by atoms with Crippen LogP contribution in [0.3, 0.4) is 0 Å². The Morgan fingerprint density at radius 1 is 1.19 bits per heavy atom. The molecule has 0 aliphatic carbocycles. The zero-order chi connectivity index (χ0) is 11.9. The van der Waals surface area contributed by atoms with Gasteiger partial charge in [-0.05, 0) is 26.0 Å². The zero-order valence-corrected chi connectivity index (χ0v) is 10.5. The maximum absolute atomic E-state index is 11.7. The van der Waals surface area contributed by atoms with Crippen molar-refractivity contribution >= 4 is 21.4 Å². The van der Waals surface area contributed by atoms with E-state index in [2.05, 4.69) is 18.7 Å². The molecule has 0 bridgehead atoms. The zero-order valence-electron chi connectivity index (χ0n) is 9.71. The van der Waals surface area contributed by atoms with Gasteiger partial charge in [0, 0.05) is 6.04 Å². The third-order valence-corrected chi connectivity index (χ3v) is 3.88. The molecule has 1 heterocycles. The van der Waals surface area contributed by atoms with E-state index < -0.39 is 10.0 Å². The molecule has 0 saturated carbocycles. The molecule has 1 aromatic rings. The summed E-state index contributed by atoms with van der Waals surface area (Å²) >= 11 is 0. The summed E-state index contributed by atoms with van der Waals surface area (Å²) in [7, 11) is -3.19. The number of sulfonamides is 1. The Hall–Kier alpha value is -1.23. The van der Waals surface area contributed by atoms with Crippen LogP contribution in [0.25, 0.3) is 0 Å². The molecule has 0 saturated heterocycles. The van der Waals surface area contributed by atoms with Gasteiger partial charge in [0.25, 0.3) is 0 Å². The molecule has 1 aromatic carbocycles. The summed E-state index contributed by atoms with van der Waals surface area (Å²) in [5, 5.41) is 0. The monoisotopic (exact) mass is 240 g/mol. The van der Waals surface area contributed by atoms with Gasteiger partial charge in [0.15, 0.2) is 0 Å². The third kappa shape index (κ3) is 1.75. The number of hydrogen-bond acceptors (Lipinski definition) is 3. The van der Waals surface area contributed by atoms with Crippen LogP contribution in [-0.2, 0) is 10.0 Å². The quantitative estimate of drug-likeness (QED) is 0.789. The van der Waals surface area contributed by atoms with Crippen molar-refractivity contribution in [3.8, 4) is 0 Å². The lowest BCUT2D eigenvalue weighted by molar-refractivity contribution is 0.595. The molecule has 0 aromatic heterocycles. The van der Waals surface area contributed by atoms with Crippen LogP contribution in [0, 0.1) is 0 Å². The van der Waals surface area contributed by atoms with Crippen molar-refractivity contribution in [3.63, 3.8) is 0 Å². The Balaban J connectivity index is 2.52. The molecule has 0 amide bonds. The Labute approximate surface area is 96.5 Å². The van der Waals surface area contributed by atoms with Gasteiger partial charge in [0.2, 0.25) is 10.0 Å². The summed E-state index contributed by atoms with van der Waals surface area (Å²) < 4.78 is 24.8. The van der Waals surface area contributed by atoms with Gasteiger partial charge in [-0.3, -0.25) is 0 Å². The maximum atomic E-state index is 11.7. The number of benzene rings is 1. The van der Waals surface area contributed by atoms with Crippen molar-refractivity contribution < 1.29 is 8.42 Å². The van der Waals surface area contributed by atoms with Gasteiger partial charge in [-0.15, -0.1) is 0 Å². The highest BCUT2D eigenvalue weighted by Crippen LogP contribution is 2.37. The van der Waals surface area contributed by atoms with Crippen molar-refractivity contribution in [2.24, 2.45) is 0 Å². The summed E-state index contributed by atoms with van der Waals surface area (Å²) in [6.07, 6.45) is 1.24. The normalized spacial score (nSPS) is 15.8. The van der Waals surface area contributed by atoms with Crippen LogP contribution in [0.1, 0.15) is 13.8 Å². The number of fused-ring (bicyclic) bond motifs is 1. The first-order chi connectivity index (χ1) is 7.41. The van der Waals surface area contributed by atoms with E-state index in [0.717, 1.165) is 11.4 Å². The van der Waals surface area contributed by atoms with Gasteiger partial charge < -0.3 is 4.90 Å². The molecule has 0 spiro atoms. The SMILES string of the molecule is CC(C)N1CN(S(C)(=O)=O)c2ccccc21. The van der Waals surface area contributed by atoms with E-state index >= 15 is 0 Å². The van der Waals surface area contributed by atoms with E-state index in [1.165, 1.54) is 10.6 Å². The van der Waals surface area contributed by atoms with E-state index in [1.54, 1.807) is 0 Å². The predicted molar refractivity (Wildman–Crippen MR) is 66.2 cm³/mol. The minimum Gasteiger partial charge on any atom is -0.349 e. The number of hydrogen-bond donors (Lipinski definition) is 0. The van der Waals surface area contributed by atoms with Crippen molar-refractivity contribution in [1.29, 1.82) is 0 Å². The predicted octanol–water partition coefficient (Wildman–Crippen LogP) is 1.64. The number of nitrogens with zero attached hydrogens (tertiary/aromatic N) is 2. The average molecular weight is 240 g/mol. The van der Waals surface area contributed by atoms with E-state index in [1.807, 2.05) is 24.3 Å². The number of rotatable bonds is 2. The van der Waals surface area contributed by atoms with Gasteiger partial charge in [0.1, 0.15) is 6.67 Å². The van der Waals surface area contributed by atoms with Gasteiger partial charge >= 0.3 is 0 Å². The topological polar surface area (TPSA) is 40.6 Å². The molecule has 0 atom stereocenters. The fraction of sp³-hybridized carbons (Fsp3) is 0.455. The summed E-state index contributed by atoms with van der Waals surface area (Å²) in [5.74, 6) is 0. The van der Waals surface area contributed by atoms with E-state index in [-0.39, 0.29) is 6.04 Å². The lowest BCUT2D eigenvalue weighted by atomic mass is 10.2. The van der Waals surface area contributed by atoms with Crippen LogP contribution in [0.2, 0.25) is 0 Å². The highest BCUT2D eigenvalue weighted by atomic mass is 32.2. The lowest BCUT2D eigenvalue weighted by Crippen LogP contribution is -2.38. The molecule has 88 valence electrons. The highest BCUT2D eigenvalue weighted by Gasteiger charge is 2.32. The summed E-state index contributed by atoms with van der Waals surface area (Å²) in [6.45, 7) is 4.53. The molecule has 0 unspecified atom stereocenters. The lowest BCUT2D eigenvalue weighted by Gasteiger charge is -2.23. The molecule has 4 nitrogen and oxygen atoms in total. The molecule has 5 heteroatoms. The van der Waals surface area contributed by atoms with Gasteiger partial charge in [-0.25, -0.2) is 12.7 Å². The largest absolute Gasteiger partial charge is 0.349 e. The second kappa shape index (κ2) is 3.66. The second-order valence-corrected chi connectivity index (χ2v) is 6.21. The molecule has 2 rings (SSSR count). The van der Waals surface area contributed by atoms with Crippen molar-refractivity contribution in [1.82, 2.24) is 0 Å². The summed E-state index contributed by atoms with van der Waals surface area (Å²) in [5.41, 5.74) is 1.77. The summed E-state index contributed by atoms with van der Waals surface area (Å²) in [4.78, 5) is 2.08. The Morgan fingerprint density at radius 3 is 2.25 bits per heavy atom. The van der Waals surface area contributed by atoms with Gasteiger partial charge in [0.05, 0.1) is 17.6 Å². The smallest absolute Gasteiger partial charge is 0.233 e. The van der Waals surface area contributed by atoms with Crippen molar-refractivity contribution in [2.75, 3.05) is 22.1 Å². The fourth-order valence-corrected chi connectivity index (χ4v) is 2.78. The molecule has 0 radical (unpaired) electrons. The molecular formula is C11H16N2O2S. The third-order valence-electron chi connectivity index (χ3n) is 2.76. The Morgan fingerprint density at radius 2 is 1.75 bits per heavy atom. The highest BCUT2D eigenvalue weighted by molar-refractivity contribution is 7.92. The fourth-order valence-electron chi connectivity index (χ4n) is 1.93. The van der Waals surface area contributed by atoms with Crippen LogP contribution in [0.15, 0.2) is 24.3 Å². The van der Waals surface area contributed by atoms with Gasteiger partial charge in [-0.2, -0.15) is 0 Å². The molecule has 1 aliphatic heterocycles. The Kier molecular flexibility index (Phi) is 2.58.